The van der Waals surface area contributed by atoms with Gasteiger partial charge in [0.1, 0.15) is 12.4 Å². The van der Waals surface area contributed by atoms with Crippen LogP contribution in [-0.4, -0.2) is 25.5 Å². The Kier molecular flexibility index (Phi) is 4.85. The minimum Gasteiger partial charge on any atom is -0.308 e. The van der Waals surface area contributed by atoms with Crippen LogP contribution in [0.5, 0.6) is 0 Å². The normalized spacial score (nSPS) is 10.9. The molecule has 8 heteroatoms. The van der Waals surface area contributed by atoms with Crippen LogP contribution in [0.15, 0.2) is 36.5 Å². The Balaban J connectivity index is 1.69. The fourth-order valence-corrected chi connectivity index (χ4v) is 2.65. The van der Waals surface area contributed by atoms with Crippen LogP contribution in [0.2, 0.25) is 5.02 Å². The van der Waals surface area contributed by atoms with Gasteiger partial charge in [-0.3, -0.25) is 14.2 Å². The second kappa shape index (κ2) is 7.06. The number of carbonyl (C=O) groups excluding carboxylic acids is 1. The van der Waals surface area contributed by atoms with Crippen molar-refractivity contribution >= 4 is 23.3 Å². The van der Waals surface area contributed by atoms with Crippen LogP contribution in [0.3, 0.4) is 0 Å². The predicted octanol–water partition coefficient (Wildman–Crippen LogP) is 3.18. The van der Waals surface area contributed by atoms with E-state index in [1.54, 1.807) is 27.7 Å². The van der Waals surface area contributed by atoms with E-state index >= 15 is 0 Å². The van der Waals surface area contributed by atoms with Gasteiger partial charge >= 0.3 is 0 Å². The second-order valence-electron chi connectivity index (χ2n) is 5.74. The summed E-state index contributed by atoms with van der Waals surface area (Å²) < 4.78 is 16.4. The maximum Gasteiger partial charge on any atom is 0.247 e. The Morgan fingerprint density at radius 2 is 2.00 bits per heavy atom. The van der Waals surface area contributed by atoms with Crippen LogP contribution in [0.1, 0.15) is 17.0 Å². The van der Waals surface area contributed by atoms with Gasteiger partial charge in [-0.05, 0) is 37.6 Å². The summed E-state index contributed by atoms with van der Waals surface area (Å²) in [5, 5.41) is 11.5. The third kappa shape index (κ3) is 4.06. The zero-order valence-corrected chi connectivity index (χ0v) is 14.6. The van der Waals surface area contributed by atoms with Crippen LogP contribution in [0.4, 0.5) is 10.2 Å². The lowest BCUT2D eigenvalue weighted by atomic mass is 10.2. The highest BCUT2D eigenvalue weighted by atomic mass is 35.5. The van der Waals surface area contributed by atoms with Crippen molar-refractivity contribution in [2.75, 3.05) is 5.32 Å². The lowest BCUT2D eigenvalue weighted by molar-refractivity contribution is -0.117. The predicted molar refractivity (Wildman–Crippen MR) is 93.1 cm³/mol. The zero-order valence-electron chi connectivity index (χ0n) is 13.8. The molecule has 25 heavy (non-hydrogen) atoms. The van der Waals surface area contributed by atoms with E-state index in [-0.39, 0.29) is 18.3 Å². The Morgan fingerprint density at radius 1 is 1.20 bits per heavy atom. The number of aryl methyl sites for hydroxylation is 2. The van der Waals surface area contributed by atoms with E-state index in [1.807, 2.05) is 19.9 Å². The number of amides is 1. The maximum atomic E-state index is 13.1. The number of hydrogen-bond donors (Lipinski definition) is 1. The molecule has 3 rings (SSSR count). The molecule has 0 bridgehead atoms. The molecule has 0 saturated carbocycles. The van der Waals surface area contributed by atoms with E-state index in [0.717, 1.165) is 17.0 Å². The summed E-state index contributed by atoms with van der Waals surface area (Å²) in [6, 6.07) is 7.85. The molecule has 1 amide bonds. The molecule has 1 N–H and O–H groups in total. The van der Waals surface area contributed by atoms with Crippen molar-refractivity contribution in [3.8, 4) is 0 Å². The average molecular weight is 362 g/mol. The fourth-order valence-electron chi connectivity index (χ4n) is 2.43. The van der Waals surface area contributed by atoms with Gasteiger partial charge in [0.2, 0.25) is 5.91 Å². The van der Waals surface area contributed by atoms with Crippen molar-refractivity contribution in [2.24, 2.45) is 0 Å². The van der Waals surface area contributed by atoms with E-state index in [9.17, 15) is 9.18 Å². The topological polar surface area (TPSA) is 64.7 Å². The monoisotopic (exact) mass is 361 g/mol. The van der Waals surface area contributed by atoms with E-state index in [4.69, 9.17) is 11.6 Å². The van der Waals surface area contributed by atoms with E-state index < -0.39 is 0 Å². The van der Waals surface area contributed by atoms with E-state index in [0.29, 0.717) is 17.4 Å². The molecule has 0 radical (unpaired) electrons. The van der Waals surface area contributed by atoms with Crippen molar-refractivity contribution < 1.29 is 9.18 Å². The largest absolute Gasteiger partial charge is 0.308 e. The minimum atomic E-state index is -0.382. The SMILES string of the molecule is Cc1ccnn1CC(=O)Nc1cc(C)n(Cc2ccc(F)cc2Cl)n1. The van der Waals surface area contributed by atoms with Crippen LogP contribution < -0.4 is 5.32 Å². The van der Waals surface area contributed by atoms with Gasteiger partial charge < -0.3 is 5.32 Å². The molecule has 0 unspecified atom stereocenters. The van der Waals surface area contributed by atoms with Gasteiger partial charge in [0.15, 0.2) is 5.82 Å². The van der Waals surface area contributed by atoms with Crippen LogP contribution in [-0.2, 0) is 17.9 Å². The highest BCUT2D eigenvalue weighted by molar-refractivity contribution is 6.31. The number of hydrogen-bond acceptors (Lipinski definition) is 3. The van der Waals surface area contributed by atoms with Gasteiger partial charge in [0.25, 0.3) is 0 Å². The van der Waals surface area contributed by atoms with Gasteiger partial charge in [-0.1, -0.05) is 17.7 Å². The lowest BCUT2D eigenvalue weighted by Crippen LogP contribution is -2.20. The summed E-state index contributed by atoms with van der Waals surface area (Å²) in [7, 11) is 0. The van der Waals surface area contributed by atoms with Gasteiger partial charge in [-0.2, -0.15) is 10.2 Å². The first-order chi connectivity index (χ1) is 11.9. The molecule has 0 atom stereocenters. The molecule has 0 saturated heterocycles. The summed E-state index contributed by atoms with van der Waals surface area (Å²) >= 11 is 6.06. The highest BCUT2D eigenvalue weighted by Gasteiger charge is 2.11. The number of halogens is 2. The molecule has 0 aliphatic heterocycles. The number of rotatable bonds is 5. The van der Waals surface area contributed by atoms with E-state index in [2.05, 4.69) is 15.5 Å². The quantitative estimate of drug-likeness (QED) is 0.759. The fraction of sp³-hybridized carbons (Fsp3) is 0.235. The summed E-state index contributed by atoms with van der Waals surface area (Å²) in [4.78, 5) is 12.1. The molecule has 2 heterocycles. The minimum absolute atomic E-state index is 0.120. The third-order valence-electron chi connectivity index (χ3n) is 3.81. The number of nitrogens with one attached hydrogen (secondary N) is 1. The molecule has 130 valence electrons. The van der Waals surface area contributed by atoms with Gasteiger partial charge in [-0.15, -0.1) is 0 Å². The molecule has 0 spiro atoms. The maximum absolute atomic E-state index is 13.1. The number of benzene rings is 1. The number of aromatic nitrogens is 4. The van der Waals surface area contributed by atoms with Gasteiger partial charge in [0, 0.05) is 28.7 Å². The smallest absolute Gasteiger partial charge is 0.247 e. The molecular formula is C17H17ClFN5O. The average Bonchev–Trinajstić information content (AvgIpc) is 3.08. The summed E-state index contributed by atoms with van der Waals surface area (Å²) in [5.41, 5.74) is 2.51. The Bertz CT molecular complexity index is 918. The Labute approximate surface area is 149 Å². The lowest BCUT2D eigenvalue weighted by Gasteiger charge is -2.07. The number of anilines is 1. The van der Waals surface area contributed by atoms with Gasteiger partial charge in [0.05, 0.1) is 6.54 Å². The van der Waals surface area contributed by atoms with Crippen LogP contribution in [0, 0.1) is 19.7 Å². The van der Waals surface area contributed by atoms with E-state index in [1.165, 1.54) is 12.1 Å². The first kappa shape index (κ1) is 17.2. The third-order valence-corrected chi connectivity index (χ3v) is 4.16. The van der Waals surface area contributed by atoms with Crippen molar-refractivity contribution in [2.45, 2.75) is 26.9 Å². The molecule has 2 aromatic heterocycles. The molecule has 0 fully saturated rings. The standard InChI is InChI=1S/C17H17ClFN5O/c1-11-5-6-20-23(11)10-17(25)21-16-7-12(2)24(22-16)9-13-3-4-14(19)8-15(13)18/h3-8H,9-10H2,1-2H3,(H,21,22,25). The number of carbonyl (C=O) groups is 1. The van der Waals surface area contributed by atoms with Crippen molar-refractivity contribution in [3.05, 3.63) is 64.3 Å². The molecule has 0 aliphatic rings. The van der Waals surface area contributed by atoms with Crippen molar-refractivity contribution in [3.63, 3.8) is 0 Å². The van der Waals surface area contributed by atoms with Crippen molar-refractivity contribution in [1.29, 1.82) is 0 Å². The van der Waals surface area contributed by atoms with Crippen molar-refractivity contribution in [1.82, 2.24) is 19.6 Å². The van der Waals surface area contributed by atoms with Crippen LogP contribution >= 0.6 is 11.6 Å². The second-order valence-corrected chi connectivity index (χ2v) is 6.15. The molecule has 6 nitrogen and oxygen atoms in total. The highest BCUT2D eigenvalue weighted by Crippen LogP contribution is 2.19. The molecular weight excluding hydrogens is 345 g/mol. The molecule has 3 aromatic rings. The Hall–Kier alpha value is -2.67. The zero-order chi connectivity index (χ0) is 18.0. The molecule has 0 aliphatic carbocycles. The van der Waals surface area contributed by atoms with Gasteiger partial charge in [-0.25, -0.2) is 4.39 Å². The Morgan fingerprint density at radius 3 is 2.68 bits per heavy atom. The number of nitrogens with zero attached hydrogens (tertiary/aromatic N) is 4. The summed E-state index contributed by atoms with van der Waals surface area (Å²) in [6.45, 7) is 4.26. The summed E-state index contributed by atoms with van der Waals surface area (Å²) in [5.74, 6) is -0.144. The summed E-state index contributed by atoms with van der Waals surface area (Å²) in [6.07, 6.45) is 1.65. The first-order valence-electron chi connectivity index (χ1n) is 7.69. The molecule has 1 aromatic carbocycles. The first-order valence-corrected chi connectivity index (χ1v) is 8.07. The van der Waals surface area contributed by atoms with Crippen LogP contribution in [0.25, 0.3) is 0 Å².